The molecule has 1 aromatic heterocycles. The Morgan fingerprint density at radius 1 is 1.50 bits per heavy atom. The lowest BCUT2D eigenvalue weighted by Gasteiger charge is -2.16. The molecular weight excluding hydrogens is 230 g/mol. The Morgan fingerprint density at radius 2 is 2.28 bits per heavy atom. The highest BCUT2D eigenvalue weighted by Gasteiger charge is 2.09. The Morgan fingerprint density at radius 3 is 2.83 bits per heavy atom. The van der Waals surface area contributed by atoms with Gasteiger partial charge in [0.25, 0.3) is 0 Å². The Kier molecular flexibility index (Phi) is 6.93. The number of methoxy groups -OCH3 is 1. The summed E-state index contributed by atoms with van der Waals surface area (Å²) in [4.78, 5) is 0. The first kappa shape index (κ1) is 15.1. The molecule has 18 heavy (non-hydrogen) atoms. The molecule has 5 nitrogen and oxygen atoms in total. The van der Waals surface area contributed by atoms with Crippen LogP contribution in [0.4, 0.5) is 0 Å². The molecule has 0 aliphatic rings. The lowest BCUT2D eigenvalue weighted by Crippen LogP contribution is -2.33. The third-order valence-corrected chi connectivity index (χ3v) is 3.04. The molecule has 2 N–H and O–H groups in total. The van der Waals surface area contributed by atoms with E-state index in [2.05, 4.69) is 30.3 Å². The van der Waals surface area contributed by atoms with Crippen LogP contribution in [0.15, 0.2) is 6.07 Å². The second-order valence-corrected chi connectivity index (χ2v) is 4.34. The number of aryl methyl sites for hydroxylation is 2. The van der Waals surface area contributed by atoms with Crippen LogP contribution in [-0.2, 0) is 24.2 Å². The summed E-state index contributed by atoms with van der Waals surface area (Å²) in [5, 5.41) is 17.1. The lowest BCUT2D eigenvalue weighted by molar-refractivity contribution is 0.159. The van der Waals surface area contributed by atoms with Gasteiger partial charge in [0.2, 0.25) is 0 Å². The Labute approximate surface area is 109 Å². The smallest absolute Gasteiger partial charge is 0.0625 e. The highest BCUT2D eigenvalue weighted by Crippen LogP contribution is 2.06. The van der Waals surface area contributed by atoms with Crippen LogP contribution < -0.4 is 5.32 Å². The van der Waals surface area contributed by atoms with Gasteiger partial charge in [0.15, 0.2) is 0 Å². The van der Waals surface area contributed by atoms with E-state index in [4.69, 9.17) is 4.74 Å². The van der Waals surface area contributed by atoms with Gasteiger partial charge in [-0.1, -0.05) is 6.92 Å². The van der Waals surface area contributed by atoms with Gasteiger partial charge in [0, 0.05) is 32.8 Å². The molecule has 0 bridgehead atoms. The fourth-order valence-corrected chi connectivity index (χ4v) is 1.87. The van der Waals surface area contributed by atoms with E-state index in [1.54, 1.807) is 7.11 Å². The quantitative estimate of drug-likeness (QED) is 0.690. The maximum atomic E-state index is 9.27. The Bertz CT molecular complexity index is 339. The van der Waals surface area contributed by atoms with Crippen LogP contribution in [0.25, 0.3) is 0 Å². The van der Waals surface area contributed by atoms with Crippen molar-refractivity contribution in [2.45, 2.75) is 45.8 Å². The number of nitrogens with zero attached hydrogens (tertiary/aromatic N) is 2. The van der Waals surface area contributed by atoms with Gasteiger partial charge < -0.3 is 15.2 Å². The molecule has 0 saturated heterocycles. The number of aliphatic hydroxyl groups excluding tert-OH is 1. The Hall–Kier alpha value is -0.910. The van der Waals surface area contributed by atoms with Gasteiger partial charge in [-0.15, -0.1) is 0 Å². The van der Waals surface area contributed by atoms with Crippen LogP contribution >= 0.6 is 0 Å². The van der Waals surface area contributed by atoms with Crippen LogP contribution in [-0.4, -0.2) is 41.3 Å². The van der Waals surface area contributed by atoms with E-state index in [-0.39, 0.29) is 12.6 Å². The summed E-state index contributed by atoms with van der Waals surface area (Å²) in [7, 11) is 1.67. The van der Waals surface area contributed by atoms with E-state index in [0.717, 1.165) is 31.6 Å². The molecule has 0 fully saturated rings. The van der Waals surface area contributed by atoms with Crippen LogP contribution in [0.3, 0.4) is 0 Å². The van der Waals surface area contributed by atoms with Gasteiger partial charge in [-0.2, -0.15) is 5.10 Å². The normalized spacial score (nSPS) is 12.9. The minimum Gasteiger partial charge on any atom is -0.395 e. The van der Waals surface area contributed by atoms with Crippen molar-refractivity contribution in [1.82, 2.24) is 15.1 Å². The minimum atomic E-state index is 0.0789. The van der Waals surface area contributed by atoms with E-state index in [1.807, 2.05) is 4.68 Å². The van der Waals surface area contributed by atoms with Crippen LogP contribution in [0.2, 0.25) is 0 Å². The standard InChI is InChI=1S/C13H25N3O2/c1-4-11-8-13(16(5-2)15-11)9-14-12(10-17)6-7-18-3/h8,12,14,17H,4-7,9-10H2,1-3H3. The number of hydrogen-bond donors (Lipinski definition) is 2. The zero-order valence-electron chi connectivity index (χ0n) is 11.6. The second-order valence-electron chi connectivity index (χ2n) is 4.34. The Balaban J connectivity index is 2.52. The molecule has 0 radical (unpaired) electrons. The summed E-state index contributed by atoms with van der Waals surface area (Å²) < 4.78 is 7.03. The molecule has 104 valence electrons. The third-order valence-electron chi connectivity index (χ3n) is 3.04. The van der Waals surface area contributed by atoms with E-state index in [0.29, 0.717) is 6.61 Å². The molecule has 0 aromatic carbocycles. The van der Waals surface area contributed by atoms with Gasteiger partial charge in [0.05, 0.1) is 18.0 Å². The number of aliphatic hydroxyl groups is 1. The first-order chi connectivity index (χ1) is 8.74. The highest BCUT2D eigenvalue weighted by molar-refractivity contribution is 5.10. The molecule has 1 atom stereocenters. The predicted octanol–water partition coefficient (Wildman–Crippen LogP) is 0.952. The average Bonchev–Trinajstić information content (AvgIpc) is 2.81. The van der Waals surface area contributed by atoms with Crippen LogP contribution in [0.5, 0.6) is 0 Å². The fraction of sp³-hybridized carbons (Fsp3) is 0.769. The largest absolute Gasteiger partial charge is 0.395 e. The zero-order chi connectivity index (χ0) is 13.4. The molecule has 0 aliphatic heterocycles. The second kappa shape index (κ2) is 8.24. The van der Waals surface area contributed by atoms with E-state index in [1.165, 1.54) is 5.69 Å². The predicted molar refractivity (Wildman–Crippen MR) is 71.5 cm³/mol. The summed E-state index contributed by atoms with van der Waals surface area (Å²) in [5.41, 5.74) is 2.29. The monoisotopic (exact) mass is 255 g/mol. The van der Waals surface area contributed by atoms with Gasteiger partial charge in [-0.3, -0.25) is 4.68 Å². The van der Waals surface area contributed by atoms with Gasteiger partial charge >= 0.3 is 0 Å². The fourth-order valence-electron chi connectivity index (χ4n) is 1.87. The molecular formula is C13H25N3O2. The molecule has 1 rings (SSSR count). The van der Waals surface area contributed by atoms with Crippen molar-refractivity contribution in [2.24, 2.45) is 0 Å². The number of nitrogens with one attached hydrogen (secondary N) is 1. The van der Waals surface area contributed by atoms with Crippen molar-refractivity contribution >= 4 is 0 Å². The van der Waals surface area contributed by atoms with Crippen LogP contribution in [0, 0.1) is 0 Å². The van der Waals surface area contributed by atoms with E-state index >= 15 is 0 Å². The average molecular weight is 255 g/mol. The first-order valence-electron chi connectivity index (χ1n) is 6.63. The van der Waals surface area contributed by atoms with E-state index in [9.17, 15) is 5.11 Å². The van der Waals surface area contributed by atoms with Crippen molar-refractivity contribution in [3.63, 3.8) is 0 Å². The number of ether oxygens (including phenoxy) is 1. The third kappa shape index (κ3) is 4.40. The summed E-state index contributed by atoms with van der Waals surface area (Å²) in [6.45, 7) is 6.59. The van der Waals surface area contributed by atoms with Crippen LogP contribution in [0.1, 0.15) is 31.7 Å². The van der Waals surface area contributed by atoms with Gasteiger partial charge in [-0.05, 0) is 25.8 Å². The number of aromatic nitrogens is 2. The van der Waals surface area contributed by atoms with Crippen molar-refractivity contribution < 1.29 is 9.84 Å². The maximum Gasteiger partial charge on any atom is 0.0625 e. The lowest BCUT2D eigenvalue weighted by atomic mass is 10.2. The van der Waals surface area contributed by atoms with Crippen molar-refractivity contribution in [1.29, 1.82) is 0 Å². The molecule has 1 heterocycles. The topological polar surface area (TPSA) is 59.3 Å². The molecule has 1 aromatic rings. The summed E-state index contributed by atoms with van der Waals surface area (Å²) >= 11 is 0. The van der Waals surface area contributed by atoms with Crippen molar-refractivity contribution in [3.8, 4) is 0 Å². The molecule has 0 amide bonds. The van der Waals surface area contributed by atoms with Crippen molar-refractivity contribution in [2.75, 3.05) is 20.3 Å². The van der Waals surface area contributed by atoms with E-state index < -0.39 is 0 Å². The minimum absolute atomic E-state index is 0.0789. The first-order valence-corrected chi connectivity index (χ1v) is 6.63. The number of hydrogen-bond acceptors (Lipinski definition) is 4. The molecule has 0 aliphatic carbocycles. The van der Waals surface area contributed by atoms with Gasteiger partial charge in [-0.25, -0.2) is 0 Å². The SMILES string of the molecule is CCc1cc(CNC(CO)CCOC)n(CC)n1. The number of rotatable bonds is 9. The molecule has 0 spiro atoms. The summed E-state index contributed by atoms with van der Waals surface area (Å²) in [5.74, 6) is 0. The van der Waals surface area contributed by atoms with Crippen molar-refractivity contribution in [3.05, 3.63) is 17.5 Å². The summed E-state index contributed by atoms with van der Waals surface area (Å²) in [6, 6.07) is 2.21. The molecule has 1 unspecified atom stereocenters. The zero-order valence-corrected chi connectivity index (χ0v) is 11.6. The van der Waals surface area contributed by atoms with Gasteiger partial charge in [0.1, 0.15) is 0 Å². The molecule has 0 saturated carbocycles. The maximum absolute atomic E-state index is 9.27. The highest BCUT2D eigenvalue weighted by atomic mass is 16.5. The summed E-state index contributed by atoms with van der Waals surface area (Å²) in [6.07, 6.45) is 1.76. The molecule has 5 heteroatoms.